The van der Waals surface area contributed by atoms with Gasteiger partial charge in [0.25, 0.3) is 0 Å². The summed E-state index contributed by atoms with van der Waals surface area (Å²) in [5, 5.41) is 0. The number of para-hydroxylation sites is 1. The lowest BCUT2D eigenvalue weighted by Gasteiger charge is -2.36. The van der Waals surface area contributed by atoms with Crippen LogP contribution in [-0.2, 0) is 6.54 Å². The summed E-state index contributed by atoms with van der Waals surface area (Å²) in [7, 11) is 0. The number of aryl methyl sites for hydroxylation is 1. The average molecular weight is 352 g/mol. The van der Waals surface area contributed by atoms with Gasteiger partial charge >= 0.3 is 5.76 Å². The average Bonchev–Trinajstić information content (AvgIpc) is 3.01. The summed E-state index contributed by atoms with van der Waals surface area (Å²) >= 11 is 0. The number of aromatic nitrogens is 2. The van der Waals surface area contributed by atoms with E-state index in [4.69, 9.17) is 4.42 Å². The number of pyridine rings is 1. The van der Waals surface area contributed by atoms with Crippen molar-refractivity contribution in [3.63, 3.8) is 0 Å². The van der Waals surface area contributed by atoms with Crippen molar-refractivity contribution in [1.82, 2.24) is 14.5 Å². The molecular formula is C20H24N4O2. The highest BCUT2D eigenvalue weighted by Crippen LogP contribution is 2.16. The van der Waals surface area contributed by atoms with Crippen LogP contribution in [0.4, 0.5) is 5.69 Å². The zero-order chi connectivity index (χ0) is 17.8. The van der Waals surface area contributed by atoms with Crippen molar-refractivity contribution in [3.05, 3.63) is 59.2 Å². The highest BCUT2D eigenvalue weighted by molar-refractivity contribution is 5.67. The number of hydrogen-bond acceptors (Lipinski definition) is 5. The highest BCUT2D eigenvalue weighted by atomic mass is 16.4. The molecule has 1 aromatic carbocycles. The van der Waals surface area contributed by atoms with Crippen LogP contribution in [0.15, 0.2) is 57.9 Å². The van der Waals surface area contributed by atoms with Crippen LogP contribution in [0.2, 0.25) is 0 Å². The quantitative estimate of drug-likeness (QED) is 0.638. The topological polar surface area (TPSA) is 54.5 Å². The van der Waals surface area contributed by atoms with E-state index in [0.717, 1.165) is 51.1 Å². The highest BCUT2D eigenvalue weighted by Gasteiger charge is 2.16. The Kier molecular flexibility index (Phi) is 5.02. The molecule has 3 heterocycles. The molecule has 0 spiro atoms. The van der Waals surface area contributed by atoms with Crippen LogP contribution in [0.25, 0.3) is 11.2 Å². The van der Waals surface area contributed by atoms with Crippen molar-refractivity contribution in [3.8, 4) is 0 Å². The maximum absolute atomic E-state index is 11.9. The molecule has 0 atom stereocenters. The fourth-order valence-corrected chi connectivity index (χ4v) is 3.59. The first-order valence-electron chi connectivity index (χ1n) is 9.28. The number of nitrogens with zero attached hydrogens (tertiary/aromatic N) is 4. The van der Waals surface area contributed by atoms with Gasteiger partial charge in [-0.3, -0.25) is 9.47 Å². The molecule has 0 N–H and O–H groups in total. The minimum atomic E-state index is -0.310. The first-order chi connectivity index (χ1) is 12.8. The third kappa shape index (κ3) is 3.65. The lowest BCUT2D eigenvalue weighted by atomic mass is 10.2. The fourth-order valence-electron chi connectivity index (χ4n) is 3.59. The second-order valence-corrected chi connectivity index (χ2v) is 6.72. The Balaban J connectivity index is 1.23. The number of rotatable bonds is 6. The molecule has 3 aromatic rings. The van der Waals surface area contributed by atoms with Crippen LogP contribution in [0.1, 0.15) is 12.8 Å². The van der Waals surface area contributed by atoms with Crippen LogP contribution in [0.3, 0.4) is 0 Å². The molecule has 0 unspecified atom stereocenters. The smallest absolute Gasteiger partial charge is 0.389 e. The number of hydrogen-bond donors (Lipinski definition) is 0. The van der Waals surface area contributed by atoms with E-state index >= 15 is 0 Å². The van der Waals surface area contributed by atoms with Gasteiger partial charge < -0.3 is 9.32 Å². The van der Waals surface area contributed by atoms with Gasteiger partial charge in [0, 0.05) is 44.6 Å². The Hall–Kier alpha value is -2.60. The largest absolute Gasteiger partial charge is 0.421 e. The number of oxazole rings is 1. The SMILES string of the molecule is O=c1oc2ncccc2n1CCCCN1CCN(c2ccccc2)CC1. The molecule has 2 aromatic heterocycles. The summed E-state index contributed by atoms with van der Waals surface area (Å²) < 4.78 is 6.87. The van der Waals surface area contributed by atoms with Gasteiger partial charge in [0.05, 0.1) is 0 Å². The molecule has 6 heteroatoms. The van der Waals surface area contributed by atoms with Gasteiger partial charge in [0.2, 0.25) is 5.71 Å². The number of fused-ring (bicyclic) bond motifs is 1. The second-order valence-electron chi connectivity index (χ2n) is 6.72. The molecule has 1 fully saturated rings. The van der Waals surface area contributed by atoms with E-state index in [1.807, 2.05) is 12.1 Å². The Labute approximate surface area is 152 Å². The second kappa shape index (κ2) is 7.74. The van der Waals surface area contributed by atoms with Crippen molar-refractivity contribution >= 4 is 16.9 Å². The van der Waals surface area contributed by atoms with E-state index < -0.39 is 0 Å². The molecule has 1 saturated heterocycles. The minimum absolute atomic E-state index is 0.310. The van der Waals surface area contributed by atoms with Crippen molar-refractivity contribution < 1.29 is 4.42 Å². The lowest BCUT2D eigenvalue weighted by Crippen LogP contribution is -2.46. The Bertz CT molecular complexity index is 895. The zero-order valence-corrected chi connectivity index (χ0v) is 14.9. The van der Waals surface area contributed by atoms with Gasteiger partial charge in [-0.25, -0.2) is 9.78 Å². The summed E-state index contributed by atoms with van der Waals surface area (Å²) in [6.45, 7) is 6.08. The third-order valence-corrected chi connectivity index (χ3v) is 5.05. The van der Waals surface area contributed by atoms with Gasteiger partial charge in [-0.1, -0.05) is 18.2 Å². The molecule has 6 nitrogen and oxygen atoms in total. The Morgan fingerprint density at radius 3 is 2.50 bits per heavy atom. The first kappa shape index (κ1) is 16.8. The van der Waals surface area contributed by atoms with Gasteiger partial charge in [-0.2, -0.15) is 0 Å². The Morgan fingerprint density at radius 2 is 1.69 bits per heavy atom. The summed E-state index contributed by atoms with van der Waals surface area (Å²) in [6.07, 6.45) is 3.68. The zero-order valence-electron chi connectivity index (χ0n) is 14.9. The van der Waals surface area contributed by atoms with Crippen molar-refractivity contribution in [2.45, 2.75) is 19.4 Å². The van der Waals surface area contributed by atoms with Crippen molar-refractivity contribution in [1.29, 1.82) is 0 Å². The lowest BCUT2D eigenvalue weighted by molar-refractivity contribution is 0.251. The fraction of sp³-hybridized carbons (Fsp3) is 0.400. The molecule has 0 bridgehead atoms. The Morgan fingerprint density at radius 1 is 0.923 bits per heavy atom. The predicted molar refractivity (Wildman–Crippen MR) is 103 cm³/mol. The third-order valence-electron chi connectivity index (χ3n) is 5.05. The first-order valence-corrected chi connectivity index (χ1v) is 9.28. The summed E-state index contributed by atoms with van der Waals surface area (Å²) in [4.78, 5) is 21.0. The van der Waals surface area contributed by atoms with Gasteiger partial charge in [-0.15, -0.1) is 0 Å². The molecule has 136 valence electrons. The number of anilines is 1. The molecule has 0 amide bonds. The van der Waals surface area contributed by atoms with Crippen LogP contribution in [0, 0.1) is 0 Å². The van der Waals surface area contributed by atoms with Gasteiger partial charge in [-0.05, 0) is 43.7 Å². The van der Waals surface area contributed by atoms with Crippen LogP contribution >= 0.6 is 0 Å². The predicted octanol–water partition coefficient (Wildman–Crippen LogP) is 2.59. The number of benzene rings is 1. The summed E-state index contributed by atoms with van der Waals surface area (Å²) in [6, 6.07) is 14.3. The van der Waals surface area contributed by atoms with E-state index in [1.165, 1.54) is 5.69 Å². The van der Waals surface area contributed by atoms with E-state index in [1.54, 1.807) is 10.8 Å². The normalized spacial score (nSPS) is 15.6. The maximum atomic E-state index is 11.9. The van der Waals surface area contributed by atoms with Crippen LogP contribution in [0.5, 0.6) is 0 Å². The van der Waals surface area contributed by atoms with Crippen LogP contribution in [-0.4, -0.2) is 47.2 Å². The number of piperazine rings is 1. The minimum Gasteiger partial charge on any atom is -0.389 e. The molecule has 26 heavy (non-hydrogen) atoms. The van der Waals surface area contributed by atoms with E-state index in [0.29, 0.717) is 12.3 Å². The molecule has 0 saturated carbocycles. The van der Waals surface area contributed by atoms with Crippen LogP contribution < -0.4 is 10.7 Å². The molecule has 0 aliphatic carbocycles. The summed E-state index contributed by atoms with van der Waals surface area (Å²) in [5.74, 6) is -0.310. The summed E-state index contributed by atoms with van der Waals surface area (Å²) in [5.41, 5.74) is 2.52. The van der Waals surface area contributed by atoms with Gasteiger partial charge in [0.15, 0.2) is 0 Å². The maximum Gasteiger partial charge on any atom is 0.421 e. The van der Waals surface area contributed by atoms with Gasteiger partial charge in [0.1, 0.15) is 5.52 Å². The molecule has 1 aliphatic heterocycles. The number of unbranched alkanes of at least 4 members (excludes halogenated alkanes) is 1. The van der Waals surface area contributed by atoms with Crippen molar-refractivity contribution in [2.75, 3.05) is 37.6 Å². The van der Waals surface area contributed by atoms with Crippen molar-refractivity contribution in [2.24, 2.45) is 0 Å². The molecule has 1 aliphatic rings. The van der Waals surface area contributed by atoms with E-state index in [9.17, 15) is 4.79 Å². The molecular weight excluding hydrogens is 328 g/mol. The monoisotopic (exact) mass is 352 g/mol. The standard InChI is InChI=1S/C20H24N4O2/c25-20-24(18-9-6-10-21-19(18)26-20)12-5-4-11-22-13-15-23(16-14-22)17-7-2-1-3-8-17/h1-3,6-10H,4-5,11-16H2. The van der Waals surface area contributed by atoms with E-state index in [2.05, 4.69) is 45.1 Å². The molecule has 0 radical (unpaired) electrons. The van der Waals surface area contributed by atoms with E-state index in [-0.39, 0.29) is 5.76 Å². The molecule has 4 rings (SSSR count).